The van der Waals surface area contributed by atoms with Crippen LogP contribution >= 0.6 is 0 Å². The Balaban J connectivity index is 2.23. The summed E-state index contributed by atoms with van der Waals surface area (Å²) >= 11 is 0. The molecule has 0 aromatic carbocycles. The highest BCUT2D eigenvalue weighted by Gasteiger charge is 2.23. The second-order valence-corrected chi connectivity index (χ2v) is 5.88. The topological polar surface area (TPSA) is 129 Å². The molecular formula is C10H11N5O4S. The summed E-state index contributed by atoms with van der Waals surface area (Å²) in [4.78, 5) is 18.2. The number of H-pyrrole nitrogens is 1. The summed E-state index contributed by atoms with van der Waals surface area (Å²) in [5.41, 5.74) is -0.0816. The number of rotatable bonds is 5. The standard InChI is InChI=1S/C10H11N5O4S/c1-15(5-8-12-6-13-14-8)20(18,19)9-3-2-7(4-11-9)10(16)17/h2-4,6H,5H2,1H3,(H,16,17)(H,12,13,14). The van der Waals surface area contributed by atoms with Crippen LogP contribution in [0.2, 0.25) is 0 Å². The van der Waals surface area contributed by atoms with E-state index in [1.54, 1.807) is 0 Å². The van der Waals surface area contributed by atoms with E-state index in [9.17, 15) is 13.2 Å². The number of carboxylic acid groups (broad SMARTS) is 1. The van der Waals surface area contributed by atoms with E-state index in [1.807, 2.05) is 0 Å². The van der Waals surface area contributed by atoms with Gasteiger partial charge in [0.25, 0.3) is 10.0 Å². The van der Waals surface area contributed by atoms with Crippen LogP contribution in [0.5, 0.6) is 0 Å². The van der Waals surface area contributed by atoms with Crippen molar-refractivity contribution in [3.8, 4) is 0 Å². The minimum Gasteiger partial charge on any atom is -0.478 e. The van der Waals surface area contributed by atoms with Crippen molar-refractivity contribution in [2.75, 3.05) is 7.05 Å². The molecule has 2 aromatic rings. The summed E-state index contributed by atoms with van der Waals surface area (Å²) in [7, 11) is -2.45. The average Bonchev–Trinajstić information content (AvgIpc) is 2.91. The third kappa shape index (κ3) is 2.81. The van der Waals surface area contributed by atoms with Crippen LogP contribution in [-0.4, -0.2) is 51.0 Å². The molecule has 0 saturated carbocycles. The van der Waals surface area contributed by atoms with Gasteiger partial charge >= 0.3 is 5.97 Å². The van der Waals surface area contributed by atoms with Crippen molar-refractivity contribution in [1.29, 1.82) is 0 Å². The molecule has 0 atom stereocenters. The zero-order valence-corrected chi connectivity index (χ0v) is 11.2. The largest absolute Gasteiger partial charge is 0.478 e. The molecule has 0 aliphatic rings. The summed E-state index contributed by atoms with van der Waals surface area (Å²) in [5, 5.41) is 14.7. The van der Waals surface area contributed by atoms with Crippen LogP contribution in [0.25, 0.3) is 0 Å². The predicted molar refractivity (Wildman–Crippen MR) is 66.2 cm³/mol. The Morgan fingerprint density at radius 1 is 1.40 bits per heavy atom. The first kappa shape index (κ1) is 14.1. The molecule has 2 aromatic heterocycles. The molecule has 0 saturated heterocycles. The van der Waals surface area contributed by atoms with Gasteiger partial charge in [-0.25, -0.2) is 23.2 Å². The molecule has 9 nitrogen and oxygen atoms in total. The number of nitrogens with one attached hydrogen (secondary N) is 1. The number of pyridine rings is 1. The van der Waals surface area contributed by atoms with E-state index >= 15 is 0 Å². The number of carbonyl (C=O) groups is 1. The molecule has 2 heterocycles. The van der Waals surface area contributed by atoms with E-state index in [1.165, 1.54) is 19.4 Å². The number of aromatic nitrogens is 4. The Labute approximate surface area is 114 Å². The molecular weight excluding hydrogens is 286 g/mol. The minimum atomic E-state index is -3.82. The molecule has 0 unspecified atom stereocenters. The van der Waals surface area contributed by atoms with E-state index in [2.05, 4.69) is 20.2 Å². The lowest BCUT2D eigenvalue weighted by molar-refractivity contribution is 0.0696. The Morgan fingerprint density at radius 3 is 2.65 bits per heavy atom. The van der Waals surface area contributed by atoms with E-state index in [0.717, 1.165) is 16.6 Å². The summed E-state index contributed by atoms with van der Waals surface area (Å²) < 4.78 is 25.4. The summed E-state index contributed by atoms with van der Waals surface area (Å²) in [6, 6.07) is 2.33. The van der Waals surface area contributed by atoms with Crippen LogP contribution < -0.4 is 0 Å². The van der Waals surface area contributed by atoms with Crippen LogP contribution in [0.1, 0.15) is 16.2 Å². The molecule has 10 heteroatoms. The first-order valence-electron chi connectivity index (χ1n) is 5.41. The Hall–Kier alpha value is -2.33. The Morgan fingerprint density at radius 2 is 2.15 bits per heavy atom. The van der Waals surface area contributed by atoms with Crippen molar-refractivity contribution in [2.45, 2.75) is 11.6 Å². The fraction of sp³-hybridized carbons (Fsp3) is 0.200. The SMILES string of the molecule is CN(Cc1ncn[nH]1)S(=O)(=O)c1ccc(C(=O)O)cn1. The summed E-state index contributed by atoms with van der Waals surface area (Å²) in [5.74, 6) is -0.783. The number of nitrogens with zero attached hydrogens (tertiary/aromatic N) is 4. The molecule has 2 N–H and O–H groups in total. The van der Waals surface area contributed by atoms with Crippen molar-refractivity contribution in [1.82, 2.24) is 24.5 Å². The lowest BCUT2D eigenvalue weighted by Gasteiger charge is -2.14. The minimum absolute atomic E-state index is 0.00466. The normalized spacial score (nSPS) is 11.7. The predicted octanol–water partition coefficient (Wildman–Crippen LogP) is -0.281. The van der Waals surface area contributed by atoms with E-state index < -0.39 is 16.0 Å². The highest BCUT2D eigenvalue weighted by Crippen LogP contribution is 2.13. The van der Waals surface area contributed by atoms with Crippen LogP contribution in [-0.2, 0) is 16.6 Å². The number of hydrogen-bond acceptors (Lipinski definition) is 6. The van der Waals surface area contributed by atoms with Gasteiger partial charge in [-0.2, -0.15) is 9.40 Å². The first-order valence-corrected chi connectivity index (χ1v) is 6.85. The second kappa shape index (κ2) is 5.35. The number of hydrogen-bond donors (Lipinski definition) is 2. The fourth-order valence-electron chi connectivity index (χ4n) is 1.42. The zero-order chi connectivity index (χ0) is 14.8. The highest BCUT2D eigenvalue weighted by molar-refractivity contribution is 7.89. The van der Waals surface area contributed by atoms with Crippen molar-refractivity contribution >= 4 is 16.0 Å². The maximum absolute atomic E-state index is 12.2. The molecule has 0 aliphatic heterocycles. The zero-order valence-electron chi connectivity index (χ0n) is 10.4. The molecule has 0 fully saturated rings. The summed E-state index contributed by atoms with van der Waals surface area (Å²) in [6.07, 6.45) is 2.27. The van der Waals surface area contributed by atoms with E-state index in [4.69, 9.17) is 5.11 Å². The van der Waals surface area contributed by atoms with Gasteiger partial charge in [0.2, 0.25) is 0 Å². The average molecular weight is 297 g/mol. The Bertz CT molecular complexity index is 696. The van der Waals surface area contributed by atoms with Crippen molar-refractivity contribution in [3.05, 3.63) is 36.0 Å². The maximum Gasteiger partial charge on any atom is 0.337 e. The smallest absolute Gasteiger partial charge is 0.337 e. The van der Waals surface area contributed by atoms with Gasteiger partial charge in [0.15, 0.2) is 5.03 Å². The second-order valence-electron chi connectivity index (χ2n) is 3.88. The third-order valence-corrected chi connectivity index (χ3v) is 4.22. The maximum atomic E-state index is 12.2. The van der Waals surface area contributed by atoms with Gasteiger partial charge in [0.1, 0.15) is 12.2 Å². The number of sulfonamides is 1. The molecule has 0 spiro atoms. The molecule has 0 amide bonds. The lowest BCUT2D eigenvalue weighted by atomic mass is 10.3. The van der Waals surface area contributed by atoms with E-state index in [0.29, 0.717) is 5.82 Å². The molecule has 20 heavy (non-hydrogen) atoms. The summed E-state index contributed by atoms with van der Waals surface area (Å²) in [6.45, 7) is 0.00466. The van der Waals surface area contributed by atoms with Crippen LogP contribution in [0.3, 0.4) is 0 Å². The van der Waals surface area contributed by atoms with E-state index in [-0.39, 0.29) is 17.1 Å². The van der Waals surface area contributed by atoms with Crippen LogP contribution in [0.4, 0.5) is 0 Å². The quantitative estimate of drug-likeness (QED) is 0.776. The van der Waals surface area contributed by atoms with Gasteiger partial charge in [-0.05, 0) is 12.1 Å². The van der Waals surface area contributed by atoms with Gasteiger partial charge in [-0.1, -0.05) is 0 Å². The molecule has 0 bridgehead atoms. The van der Waals surface area contributed by atoms with Gasteiger partial charge in [-0.3, -0.25) is 5.10 Å². The molecule has 2 rings (SSSR count). The van der Waals surface area contributed by atoms with Crippen molar-refractivity contribution < 1.29 is 18.3 Å². The van der Waals surface area contributed by atoms with Gasteiger partial charge in [-0.15, -0.1) is 0 Å². The number of aromatic amines is 1. The van der Waals surface area contributed by atoms with Crippen LogP contribution in [0, 0.1) is 0 Å². The van der Waals surface area contributed by atoms with Gasteiger partial charge < -0.3 is 5.11 Å². The highest BCUT2D eigenvalue weighted by atomic mass is 32.2. The Kier molecular flexibility index (Phi) is 3.77. The van der Waals surface area contributed by atoms with Crippen molar-refractivity contribution in [2.24, 2.45) is 0 Å². The number of carboxylic acids is 1. The molecule has 106 valence electrons. The van der Waals surface area contributed by atoms with Gasteiger partial charge in [0.05, 0.1) is 12.1 Å². The fourth-order valence-corrected chi connectivity index (χ4v) is 2.46. The lowest BCUT2D eigenvalue weighted by Crippen LogP contribution is -2.27. The molecule has 0 radical (unpaired) electrons. The number of aromatic carboxylic acids is 1. The monoisotopic (exact) mass is 297 g/mol. The van der Waals surface area contributed by atoms with Crippen molar-refractivity contribution in [3.63, 3.8) is 0 Å². The van der Waals surface area contributed by atoms with Gasteiger partial charge in [0, 0.05) is 13.2 Å². The molecule has 0 aliphatic carbocycles. The third-order valence-electron chi connectivity index (χ3n) is 2.50. The first-order chi connectivity index (χ1) is 9.41. The van der Waals surface area contributed by atoms with Crippen LogP contribution in [0.15, 0.2) is 29.7 Å².